The van der Waals surface area contributed by atoms with E-state index in [1.165, 1.54) is 0 Å². The molecule has 0 amide bonds. The first kappa shape index (κ1) is 11.3. The van der Waals surface area contributed by atoms with Crippen LogP contribution in [0.15, 0.2) is 18.6 Å². The van der Waals surface area contributed by atoms with Crippen LogP contribution in [0.2, 0.25) is 0 Å². The molecule has 0 aromatic carbocycles. The number of rotatable bonds is 5. The first-order valence-electron chi connectivity index (χ1n) is 5.22. The first-order valence-corrected chi connectivity index (χ1v) is 5.22. The Morgan fingerprint density at radius 1 is 1.47 bits per heavy atom. The van der Waals surface area contributed by atoms with E-state index in [-0.39, 0.29) is 6.42 Å². The van der Waals surface area contributed by atoms with Crippen LogP contribution in [0, 0.1) is 0 Å². The number of hydrogen-bond acceptors (Lipinski definition) is 4. The maximum absolute atomic E-state index is 10.4. The number of carbonyl (C=O) groups is 1. The van der Waals surface area contributed by atoms with Gasteiger partial charge in [-0.15, -0.1) is 5.10 Å². The van der Waals surface area contributed by atoms with Crippen LogP contribution in [0.5, 0.6) is 0 Å². The van der Waals surface area contributed by atoms with Crippen LogP contribution in [0.1, 0.15) is 17.7 Å². The number of carboxylic acids is 1. The lowest BCUT2D eigenvalue weighted by molar-refractivity contribution is -0.136. The van der Waals surface area contributed by atoms with Gasteiger partial charge in [0.25, 0.3) is 0 Å². The number of aryl methyl sites for hydroxylation is 2. The Bertz CT molecular complexity index is 516. The first-order chi connectivity index (χ1) is 8.13. The molecule has 17 heavy (non-hydrogen) atoms. The molecule has 1 N–H and O–H groups in total. The fourth-order valence-corrected chi connectivity index (χ4v) is 1.51. The predicted octanol–water partition coefficient (Wildman–Crippen LogP) is 0.0771. The van der Waals surface area contributed by atoms with Gasteiger partial charge >= 0.3 is 5.97 Å². The molecule has 0 fully saturated rings. The van der Waals surface area contributed by atoms with Gasteiger partial charge in [-0.2, -0.15) is 5.10 Å². The van der Waals surface area contributed by atoms with Crippen LogP contribution < -0.4 is 0 Å². The molecule has 0 spiro atoms. The van der Waals surface area contributed by atoms with Crippen LogP contribution in [0.3, 0.4) is 0 Å². The number of nitrogens with zero attached hydrogens (tertiary/aromatic N) is 5. The molecule has 0 aliphatic carbocycles. The van der Waals surface area contributed by atoms with E-state index in [9.17, 15) is 4.79 Å². The van der Waals surface area contributed by atoms with Crippen molar-refractivity contribution in [2.75, 3.05) is 0 Å². The molecule has 2 rings (SSSR count). The third-order valence-electron chi connectivity index (χ3n) is 2.28. The lowest BCUT2D eigenvalue weighted by Crippen LogP contribution is -1.99. The van der Waals surface area contributed by atoms with Crippen molar-refractivity contribution in [1.29, 1.82) is 0 Å². The summed E-state index contributed by atoms with van der Waals surface area (Å²) in [5.74, 6) is -0.827. The number of carboxylic acid groups (broad SMARTS) is 1. The molecular weight excluding hydrogens is 222 g/mol. The van der Waals surface area contributed by atoms with Gasteiger partial charge in [0.2, 0.25) is 0 Å². The maximum atomic E-state index is 10.4. The van der Waals surface area contributed by atoms with E-state index in [1.54, 1.807) is 21.8 Å². The molecule has 7 nitrogen and oxygen atoms in total. The van der Waals surface area contributed by atoms with Gasteiger partial charge in [0, 0.05) is 31.4 Å². The van der Waals surface area contributed by atoms with Crippen molar-refractivity contribution in [2.45, 2.75) is 19.4 Å². The van der Waals surface area contributed by atoms with Crippen molar-refractivity contribution in [2.24, 2.45) is 7.05 Å². The zero-order chi connectivity index (χ0) is 12.3. The lowest BCUT2D eigenvalue weighted by Gasteiger charge is -1.95. The van der Waals surface area contributed by atoms with Crippen molar-refractivity contribution in [3.05, 3.63) is 29.8 Å². The minimum absolute atomic E-state index is 0.0750. The topological polar surface area (TPSA) is 85.8 Å². The molecule has 2 aromatic rings. The minimum atomic E-state index is -0.827. The van der Waals surface area contributed by atoms with Crippen LogP contribution in [0.25, 0.3) is 0 Å². The van der Waals surface area contributed by atoms with E-state index >= 15 is 0 Å². The van der Waals surface area contributed by atoms with Gasteiger partial charge in [0.05, 0.1) is 24.9 Å². The van der Waals surface area contributed by atoms with Gasteiger partial charge < -0.3 is 5.11 Å². The Kier molecular flexibility index (Phi) is 3.17. The highest BCUT2D eigenvalue weighted by atomic mass is 16.4. The molecule has 2 aromatic heterocycles. The standard InChI is InChI=1S/C10H13N5O2/c1-14-5-8(4-11-14)6-15-7-9(12-13-15)2-3-10(16)17/h4-5,7H,2-3,6H2,1H3,(H,16,17). The normalized spacial score (nSPS) is 10.6. The van der Waals surface area contributed by atoms with Gasteiger partial charge in [0.1, 0.15) is 0 Å². The fourth-order valence-electron chi connectivity index (χ4n) is 1.51. The number of hydrogen-bond donors (Lipinski definition) is 1. The van der Waals surface area contributed by atoms with Gasteiger partial charge in [-0.1, -0.05) is 5.21 Å². The Balaban J connectivity index is 1.96. The molecule has 0 radical (unpaired) electrons. The minimum Gasteiger partial charge on any atom is -0.481 e. The Hall–Kier alpha value is -2.18. The highest BCUT2D eigenvalue weighted by Crippen LogP contribution is 2.02. The van der Waals surface area contributed by atoms with E-state index in [1.807, 2.05) is 13.2 Å². The summed E-state index contributed by atoms with van der Waals surface area (Å²) in [6.07, 6.45) is 5.90. The Morgan fingerprint density at radius 3 is 2.94 bits per heavy atom. The average Bonchev–Trinajstić information content (AvgIpc) is 2.86. The summed E-state index contributed by atoms with van der Waals surface area (Å²) < 4.78 is 3.39. The SMILES string of the molecule is Cn1cc(Cn2cc(CCC(=O)O)nn2)cn1. The lowest BCUT2D eigenvalue weighted by atomic mass is 10.2. The van der Waals surface area contributed by atoms with E-state index in [4.69, 9.17) is 5.11 Å². The predicted molar refractivity (Wildman–Crippen MR) is 58.3 cm³/mol. The summed E-state index contributed by atoms with van der Waals surface area (Å²) in [6.45, 7) is 0.591. The largest absolute Gasteiger partial charge is 0.481 e. The second kappa shape index (κ2) is 4.77. The van der Waals surface area contributed by atoms with Crippen molar-refractivity contribution < 1.29 is 9.90 Å². The summed E-state index contributed by atoms with van der Waals surface area (Å²) in [6, 6.07) is 0. The molecule has 0 aliphatic rings. The molecule has 0 saturated carbocycles. The maximum Gasteiger partial charge on any atom is 0.303 e. The molecule has 0 atom stereocenters. The van der Waals surface area contributed by atoms with Crippen LogP contribution in [-0.4, -0.2) is 35.9 Å². The second-order valence-corrected chi connectivity index (χ2v) is 3.82. The van der Waals surface area contributed by atoms with Gasteiger partial charge in [-0.05, 0) is 0 Å². The highest BCUT2D eigenvalue weighted by Gasteiger charge is 2.05. The summed E-state index contributed by atoms with van der Waals surface area (Å²) in [5, 5.41) is 20.5. The van der Waals surface area contributed by atoms with E-state index < -0.39 is 5.97 Å². The molecule has 2 heterocycles. The van der Waals surface area contributed by atoms with Crippen molar-refractivity contribution in [3.63, 3.8) is 0 Å². The number of aromatic nitrogens is 5. The highest BCUT2D eigenvalue weighted by molar-refractivity contribution is 5.66. The molecule has 0 saturated heterocycles. The zero-order valence-electron chi connectivity index (χ0n) is 9.44. The molecule has 0 unspecified atom stereocenters. The van der Waals surface area contributed by atoms with E-state index in [0.29, 0.717) is 18.7 Å². The van der Waals surface area contributed by atoms with Crippen LogP contribution >= 0.6 is 0 Å². The van der Waals surface area contributed by atoms with Gasteiger partial charge in [0.15, 0.2) is 0 Å². The Morgan fingerprint density at radius 2 is 2.29 bits per heavy atom. The van der Waals surface area contributed by atoms with Gasteiger partial charge in [-0.3, -0.25) is 9.48 Å². The molecular formula is C10H13N5O2. The number of aliphatic carboxylic acids is 1. The summed E-state index contributed by atoms with van der Waals surface area (Å²) in [7, 11) is 1.85. The molecule has 0 aliphatic heterocycles. The van der Waals surface area contributed by atoms with Crippen LogP contribution in [0.4, 0.5) is 0 Å². The summed E-state index contributed by atoms with van der Waals surface area (Å²) >= 11 is 0. The van der Waals surface area contributed by atoms with E-state index in [2.05, 4.69) is 15.4 Å². The molecule has 90 valence electrons. The zero-order valence-corrected chi connectivity index (χ0v) is 9.44. The van der Waals surface area contributed by atoms with Crippen molar-refractivity contribution in [1.82, 2.24) is 24.8 Å². The molecule has 7 heteroatoms. The summed E-state index contributed by atoms with van der Waals surface area (Å²) in [5.41, 5.74) is 1.72. The third kappa shape index (κ3) is 3.13. The van der Waals surface area contributed by atoms with Crippen LogP contribution in [-0.2, 0) is 24.8 Å². The quantitative estimate of drug-likeness (QED) is 0.793. The van der Waals surface area contributed by atoms with E-state index in [0.717, 1.165) is 5.56 Å². The average molecular weight is 235 g/mol. The van der Waals surface area contributed by atoms with Crippen molar-refractivity contribution >= 4 is 5.97 Å². The van der Waals surface area contributed by atoms with Gasteiger partial charge in [-0.25, -0.2) is 4.68 Å². The van der Waals surface area contributed by atoms with Crippen molar-refractivity contribution in [3.8, 4) is 0 Å². The molecule has 0 bridgehead atoms. The smallest absolute Gasteiger partial charge is 0.303 e. The summed E-state index contributed by atoms with van der Waals surface area (Å²) in [4.78, 5) is 10.4. The monoisotopic (exact) mass is 235 g/mol. The second-order valence-electron chi connectivity index (χ2n) is 3.82. The third-order valence-corrected chi connectivity index (χ3v) is 2.28. The Labute approximate surface area is 97.7 Å². The fraction of sp³-hybridized carbons (Fsp3) is 0.400.